The number of pyridine rings is 1. The molecule has 2 aromatic heterocycles. The molecule has 0 aliphatic rings. The highest BCUT2D eigenvalue weighted by Crippen LogP contribution is 2.21. The van der Waals surface area contributed by atoms with Crippen LogP contribution in [0.2, 0.25) is 0 Å². The summed E-state index contributed by atoms with van der Waals surface area (Å²) in [6.07, 6.45) is 1.76. The van der Waals surface area contributed by atoms with Gasteiger partial charge in [-0.2, -0.15) is 5.10 Å². The normalized spacial score (nSPS) is 12.4. The number of hydrogen-bond donors (Lipinski definition) is 1. The summed E-state index contributed by atoms with van der Waals surface area (Å²) in [7, 11) is 3.61. The summed E-state index contributed by atoms with van der Waals surface area (Å²) in [6, 6.07) is 4.19. The average molecular weight is 274 g/mol. The van der Waals surface area contributed by atoms with Crippen LogP contribution in [0.5, 0.6) is 5.88 Å². The van der Waals surface area contributed by atoms with Crippen molar-refractivity contribution in [3.63, 3.8) is 0 Å². The van der Waals surface area contributed by atoms with Gasteiger partial charge in [0, 0.05) is 43.2 Å². The van der Waals surface area contributed by atoms with Crippen LogP contribution in [0.15, 0.2) is 18.3 Å². The zero-order chi connectivity index (χ0) is 14.7. The average Bonchev–Trinajstić information content (AvgIpc) is 2.70. The maximum absolute atomic E-state index is 5.14. The Morgan fingerprint density at radius 1 is 1.40 bits per heavy atom. The molecule has 2 aromatic rings. The van der Waals surface area contributed by atoms with E-state index in [2.05, 4.69) is 36.2 Å². The minimum Gasteiger partial charge on any atom is -0.481 e. The largest absolute Gasteiger partial charge is 0.481 e. The molecule has 0 saturated heterocycles. The summed E-state index contributed by atoms with van der Waals surface area (Å²) in [6.45, 7) is 7.09. The van der Waals surface area contributed by atoms with Crippen LogP contribution in [0.3, 0.4) is 0 Å². The van der Waals surface area contributed by atoms with E-state index in [0.29, 0.717) is 5.88 Å². The van der Waals surface area contributed by atoms with Crippen LogP contribution in [-0.2, 0) is 13.6 Å². The Morgan fingerprint density at radius 3 is 2.75 bits per heavy atom. The molecule has 5 heteroatoms. The van der Waals surface area contributed by atoms with E-state index in [0.717, 1.165) is 17.8 Å². The third kappa shape index (κ3) is 2.99. The van der Waals surface area contributed by atoms with Crippen LogP contribution < -0.4 is 10.1 Å². The maximum Gasteiger partial charge on any atom is 0.213 e. The zero-order valence-corrected chi connectivity index (χ0v) is 12.8. The van der Waals surface area contributed by atoms with Gasteiger partial charge in [-0.25, -0.2) is 4.98 Å². The fraction of sp³-hybridized carbons (Fsp3) is 0.467. The Kier molecular flexibility index (Phi) is 4.39. The lowest BCUT2D eigenvalue weighted by Crippen LogP contribution is -2.19. The summed E-state index contributed by atoms with van der Waals surface area (Å²) < 4.78 is 7.06. The van der Waals surface area contributed by atoms with Crippen molar-refractivity contribution in [2.24, 2.45) is 7.05 Å². The standard InChI is InChI=1S/C15H22N4O/c1-10(15-11(2)18-19(4)12(15)3)17-9-13-6-7-16-14(8-13)20-5/h6-8,10,17H,9H2,1-5H3. The van der Waals surface area contributed by atoms with Gasteiger partial charge in [0.15, 0.2) is 0 Å². The highest BCUT2D eigenvalue weighted by molar-refractivity contribution is 5.28. The van der Waals surface area contributed by atoms with Gasteiger partial charge >= 0.3 is 0 Å². The van der Waals surface area contributed by atoms with Gasteiger partial charge in [0.25, 0.3) is 0 Å². The van der Waals surface area contributed by atoms with E-state index in [1.807, 2.05) is 23.9 Å². The first kappa shape index (κ1) is 14.5. The second-order valence-electron chi connectivity index (χ2n) is 5.02. The molecule has 5 nitrogen and oxygen atoms in total. The van der Waals surface area contributed by atoms with Crippen molar-refractivity contribution < 1.29 is 4.74 Å². The molecule has 20 heavy (non-hydrogen) atoms. The van der Waals surface area contributed by atoms with Crippen molar-refractivity contribution in [3.8, 4) is 5.88 Å². The predicted molar refractivity (Wildman–Crippen MR) is 78.7 cm³/mol. The maximum atomic E-state index is 5.14. The summed E-state index contributed by atoms with van der Waals surface area (Å²) in [5.41, 5.74) is 4.71. The molecule has 0 aliphatic heterocycles. The van der Waals surface area contributed by atoms with E-state index in [-0.39, 0.29) is 6.04 Å². The summed E-state index contributed by atoms with van der Waals surface area (Å²) >= 11 is 0. The van der Waals surface area contributed by atoms with Crippen LogP contribution in [0.1, 0.15) is 35.5 Å². The first-order valence-corrected chi connectivity index (χ1v) is 6.75. The molecule has 0 saturated carbocycles. The molecule has 2 rings (SSSR count). The number of ether oxygens (including phenoxy) is 1. The molecule has 1 atom stereocenters. The second-order valence-corrected chi connectivity index (χ2v) is 5.02. The van der Waals surface area contributed by atoms with Gasteiger partial charge in [-0.3, -0.25) is 4.68 Å². The fourth-order valence-corrected chi connectivity index (χ4v) is 2.46. The quantitative estimate of drug-likeness (QED) is 0.909. The number of aryl methyl sites for hydroxylation is 2. The van der Waals surface area contributed by atoms with Crippen LogP contribution >= 0.6 is 0 Å². The Labute approximate surface area is 120 Å². The summed E-state index contributed by atoms with van der Waals surface area (Å²) in [5.74, 6) is 0.644. The number of hydrogen-bond acceptors (Lipinski definition) is 4. The fourth-order valence-electron chi connectivity index (χ4n) is 2.46. The molecular formula is C15H22N4O. The second kappa shape index (κ2) is 6.05. The topological polar surface area (TPSA) is 52.0 Å². The molecular weight excluding hydrogens is 252 g/mol. The number of rotatable bonds is 5. The molecule has 0 fully saturated rings. The highest BCUT2D eigenvalue weighted by atomic mass is 16.5. The molecule has 1 N–H and O–H groups in total. The summed E-state index contributed by atoms with van der Waals surface area (Å²) in [4.78, 5) is 4.11. The lowest BCUT2D eigenvalue weighted by Gasteiger charge is -2.15. The number of nitrogens with one attached hydrogen (secondary N) is 1. The van der Waals surface area contributed by atoms with Gasteiger partial charge in [-0.05, 0) is 32.4 Å². The Bertz CT molecular complexity index is 592. The molecule has 0 spiro atoms. The van der Waals surface area contributed by atoms with E-state index in [4.69, 9.17) is 4.74 Å². The lowest BCUT2D eigenvalue weighted by molar-refractivity contribution is 0.397. The molecule has 108 valence electrons. The van der Waals surface area contributed by atoms with Crippen molar-refractivity contribution in [1.29, 1.82) is 0 Å². The van der Waals surface area contributed by atoms with E-state index in [1.54, 1.807) is 13.3 Å². The zero-order valence-electron chi connectivity index (χ0n) is 12.8. The first-order chi connectivity index (χ1) is 9.52. The highest BCUT2D eigenvalue weighted by Gasteiger charge is 2.15. The van der Waals surface area contributed by atoms with Crippen LogP contribution in [0.25, 0.3) is 0 Å². The molecule has 2 heterocycles. The minimum atomic E-state index is 0.253. The minimum absolute atomic E-state index is 0.253. The van der Waals surface area contributed by atoms with Gasteiger partial charge in [0.1, 0.15) is 0 Å². The third-order valence-corrected chi connectivity index (χ3v) is 3.62. The Balaban J connectivity index is 2.06. The van der Waals surface area contributed by atoms with E-state index in [9.17, 15) is 0 Å². The molecule has 0 bridgehead atoms. The molecule has 0 aliphatic carbocycles. The van der Waals surface area contributed by atoms with Crippen LogP contribution in [-0.4, -0.2) is 21.9 Å². The van der Waals surface area contributed by atoms with Crippen molar-refractivity contribution in [3.05, 3.63) is 40.8 Å². The van der Waals surface area contributed by atoms with Crippen LogP contribution in [0, 0.1) is 13.8 Å². The number of aromatic nitrogens is 3. The van der Waals surface area contributed by atoms with Gasteiger partial charge in [0.2, 0.25) is 5.88 Å². The van der Waals surface area contributed by atoms with Gasteiger partial charge in [-0.1, -0.05) is 0 Å². The van der Waals surface area contributed by atoms with Crippen molar-refractivity contribution in [2.45, 2.75) is 33.4 Å². The Morgan fingerprint density at radius 2 is 2.15 bits per heavy atom. The lowest BCUT2D eigenvalue weighted by atomic mass is 10.1. The summed E-state index contributed by atoms with van der Waals surface area (Å²) in [5, 5.41) is 7.99. The van der Waals surface area contributed by atoms with Crippen molar-refractivity contribution >= 4 is 0 Å². The van der Waals surface area contributed by atoms with E-state index >= 15 is 0 Å². The smallest absolute Gasteiger partial charge is 0.213 e. The third-order valence-electron chi connectivity index (χ3n) is 3.62. The molecule has 0 aromatic carbocycles. The molecule has 0 radical (unpaired) electrons. The van der Waals surface area contributed by atoms with Gasteiger partial charge in [0.05, 0.1) is 12.8 Å². The van der Waals surface area contributed by atoms with Crippen molar-refractivity contribution in [1.82, 2.24) is 20.1 Å². The number of nitrogens with zero attached hydrogens (tertiary/aromatic N) is 3. The monoisotopic (exact) mass is 274 g/mol. The predicted octanol–water partition coefficient (Wildman–Crippen LogP) is 2.29. The van der Waals surface area contributed by atoms with Crippen molar-refractivity contribution in [2.75, 3.05) is 7.11 Å². The molecule has 0 amide bonds. The van der Waals surface area contributed by atoms with Gasteiger partial charge < -0.3 is 10.1 Å². The number of methoxy groups -OCH3 is 1. The molecule has 1 unspecified atom stereocenters. The first-order valence-electron chi connectivity index (χ1n) is 6.75. The van der Waals surface area contributed by atoms with E-state index in [1.165, 1.54) is 11.3 Å². The Hall–Kier alpha value is -1.88. The van der Waals surface area contributed by atoms with Crippen LogP contribution in [0.4, 0.5) is 0 Å². The van der Waals surface area contributed by atoms with Gasteiger partial charge in [-0.15, -0.1) is 0 Å². The SMILES string of the molecule is COc1cc(CNC(C)c2c(C)nn(C)c2C)ccn1. The van der Waals surface area contributed by atoms with E-state index < -0.39 is 0 Å².